The van der Waals surface area contributed by atoms with E-state index in [1.54, 1.807) is 17.8 Å². The van der Waals surface area contributed by atoms with E-state index in [1.165, 1.54) is 0 Å². The molecular weight excluding hydrogens is 261 g/mol. The first kappa shape index (κ1) is 14.2. The van der Waals surface area contributed by atoms with Gasteiger partial charge in [0.2, 0.25) is 0 Å². The molecule has 1 nitrogen and oxygen atoms in total. The third-order valence-corrected chi connectivity index (χ3v) is 4.21. The van der Waals surface area contributed by atoms with E-state index >= 15 is 0 Å². The minimum absolute atomic E-state index is 0.329. The van der Waals surface area contributed by atoms with Crippen LogP contribution < -0.4 is 5.73 Å². The summed E-state index contributed by atoms with van der Waals surface area (Å²) in [6.07, 6.45) is 3.23. The highest BCUT2D eigenvalue weighted by Gasteiger charge is 2.03. The fourth-order valence-electron chi connectivity index (χ4n) is 1.32. The van der Waals surface area contributed by atoms with E-state index in [4.69, 9.17) is 28.9 Å². The molecule has 0 heterocycles. The Morgan fingerprint density at radius 2 is 2.12 bits per heavy atom. The number of benzene rings is 1. The number of thioether (sulfide) groups is 1. The summed E-state index contributed by atoms with van der Waals surface area (Å²) in [6, 6.07) is 5.88. The number of hydrogen-bond donors (Lipinski definition) is 1. The van der Waals surface area contributed by atoms with Gasteiger partial charge in [-0.05, 0) is 43.2 Å². The molecule has 1 unspecified atom stereocenters. The molecule has 0 aliphatic carbocycles. The Hall–Kier alpha value is 0.110. The maximum Gasteiger partial charge on any atom is 0.0542 e. The van der Waals surface area contributed by atoms with Crippen molar-refractivity contribution in [2.24, 2.45) is 5.73 Å². The Bertz CT molecular complexity index is 331. The summed E-state index contributed by atoms with van der Waals surface area (Å²) < 4.78 is 0. The minimum Gasteiger partial charge on any atom is -0.328 e. The topological polar surface area (TPSA) is 26.0 Å². The van der Waals surface area contributed by atoms with Crippen molar-refractivity contribution in [1.29, 1.82) is 0 Å². The molecule has 2 N–H and O–H groups in total. The smallest absolute Gasteiger partial charge is 0.0542 e. The third kappa shape index (κ3) is 4.96. The monoisotopic (exact) mass is 277 g/mol. The Morgan fingerprint density at radius 3 is 2.81 bits per heavy atom. The highest BCUT2D eigenvalue weighted by Crippen LogP contribution is 2.30. The number of rotatable bonds is 6. The van der Waals surface area contributed by atoms with Gasteiger partial charge in [0.15, 0.2) is 0 Å². The predicted molar refractivity (Wildman–Crippen MR) is 74.7 cm³/mol. The number of hydrogen-bond acceptors (Lipinski definition) is 2. The minimum atomic E-state index is 0.329. The zero-order valence-corrected chi connectivity index (χ0v) is 11.7. The van der Waals surface area contributed by atoms with Gasteiger partial charge in [-0.3, -0.25) is 0 Å². The SMILES string of the molecule is CCC(N)CCCSc1cc(Cl)ccc1Cl. The average Bonchev–Trinajstić information content (AvgIpc) is 2.28. The maximum atomic E-state index is 6.06. The van der Waals surface area contributed by atoms with E-state index < -0.39 is 0 Å². The first-order valence-electron chi connectivity index (χ1n) is 5.47. The molecule has 90 valence electrons. The lowest BCUT2D eigenvalue weighted by atomic mass is 10.1. The Balaban J connectivity index is 2.34. The van der Waals surface area contributed by atoms with Crippen LogP contribution in [0.3, 0.4) is 0 Å². The average molecular weight is 278 g/mol. The van der Waals surface area contributed by atoms with Crippen LogP contribution in [0.25, 0.3) is 0 Å². The normalized spacial score (nSPS) is 12.8. The predicted octanol–water partition coefficient (Wildman–Crippen LogP) is 4.60. The summed E-state index contributed by atoms with van der Waals surface area (Å²) in [4.78, 5) is 1.05. The van der Waals surface area contributed by atoms with Crippen molar-refractivity contribution in [2.45, 2.75) is 37.1 Å². The first-order chi connectivity index (χ1) is 7.63. The summed E-state index contributed by atoms with van der Waals surface area (Å²) in [7, 11) is 0. The van der Waals surface area contributed by atoms with Gasteiger partial charge in [0.05, 0.1) is 5.02 Å². The summed E-state index contributed by atoms with van der Waals surface area (Å²) in [5.41, 5.74) is 5.85. The van der Waals surface area contributed by atoms with E-state index in [0.29, 0.717) is 6.04 Å². The summed E-state index contributed by atoms with van der Waals surface area (Å²) in [5, 5.41) is 1.51. The lowest BCUT2D eigenvalue weighted by Gasteiger charge is -2.08. The van der Waals surface area contributed by atoms with Crippen LogP contribution in [0.1, 0.15) is 26.2 Å². The third-order valence-electron chi connectivity index (χ3n) is 2.39. The van der Waals surface area contributed by atoms with E-state index in [2.05, 4.69) is 6.92 Å². The molecule has 0 saturated carbocycles. The molecule has 0 fully saturated rings. The molecule has 1 aromatic carbocycles. The molecule has 4 heteroatoms. The van der Waals surface area contributed by atoms with Gasteiger partial charge < -0.3 is 5.73 Å². The van der Waals surface area contributed by atoms with Crippen molar-refractivity contribution >= 4 is 35.0 Å². The Labute approximate surface area is 112 Å². The molecule has 0 aromatic heterocycles. The van der Waals surface area contributed by atoms with Gasteiger partial charge in [0.25, 0.3) is 0 Å². The van der Waals surface area contributed by atoms with E-state index in [0.717, 1.165) is 40.0 Å². The standard InChI is InChI=1S/C12H17Cl2NS/c1-2-10(15)4-3-7-16-12-8-9(13)5-6-11(12)14/h5-6,8,10H,2-4,7,15H2,1H3. The lowest BCUT2D eigenvalue weighted by molar-refractivity contribution is 0.589. The molecular formula is C12H17Cl2NS. The van der Waals surface area contributed by atoms with Gasteiger partial charge >= 0.3 is 0 Å². The molecule has 1 rings (SSSR count). The highest BCUT2D eigenvalue weighted by atomic mass is 35.5. The molecule has 1 aromatic rings. The van der Waals surface area contributed by atoms with Crippen molar-refractivity contribution in [2.75, 3.05) is 5.75 Å². The zero-order valence-electron chi connectivity index (χ0n) is 9.38. The molecule has 16 heavy (non-hydrogen) atoms. The summed E-state index contributed by atoms with van der Waals surface area (Å²) in [5.74, 6) is 1.04. The van der Waals surface area contributed by atoms with Crippen LogP contribution >= 0.6 is 35.0 Å². The van der Waals surface area contributed by atoms with Crippen LogP contribution in [-0.4, -0.2) is 11.8 Å². The van der Waals surface area contributed by atoms with Crippen molar-refractivity contribution in [3.8, 4) is 0 Å². The van der Waals surface area contributed by atoms with Gasteiger partial charge in [-0.1, -0.05) is 30.1 Å². The second kappa shape index (κ2) is 7.44. The maximum absolute atomic E-state index is 6.06. The van der Waals surface area contributed by atoms with Crippen LogP contribution in [0.15, 0.2) is 23.1 Å². The van der Waals surface area contributed by atoms with Crippen LogP contribution in [0.2, 0.25) is 10.0 Å². The lowest BCUT2D eigenvalue weighted by Crippen LogP contribution is -2.18. The van der Waals surface area contributed by atoms with Crippen LogP contribution in [0, 0.1) is 0 Å². The molecule has 0 aliphatic rings. The van der Waals surface area contributed by atoms with Crippen molar-refractivity contribution in [3.63, 3.8) is 0 Å². The van der Waals surface area contributed by atoms with Gasteiger partial charge in [-0.25, -0.2) is 0 Å². The molecule has 0 bridgehead atoms. The number of nitrogens with two attached hydrogens (primary N) is 1. The fraction of sp³-hybridized carbons (Fsp3) is 0.500. The molecule has 0 saturated heterocycles. The van der Waals surface area contributed by atoms with Crippen LogP contribution in [0.4, 0.5) is 0 Å². The quantitative estimate of drug-likeness (QED) is 0.607. The van der Waals surface area contributed by atoms with Crippen LogP contribution in [-0.2, 0) is 0 Å². The van der Waals surface area contributed by atoms with Crippen molar-refractivity contribution < 1.29 is 0 Å². The molecule has 0 spiro atoms. The summed E-state index contributed by atoms with van der Waals surface area (Å²) >= 11 is 13.7. The van der Waals surface area contributed by atoms with Crippen molar-refractivity contribution in [1.82, 2.24) is 0 Å². The van der Waals surface area contributed by atoms with Crippen molar-refractivity contribution in [3.05, 3.63) is 28.2 Å². The van der Waals surface area contributed by atoms with Gasteiger partial charge in [-0.2, -0.15) is 0 Å². The Kier molecular flexibility index (Phi) is 6.59. The summed E-state index contributed by atoms with van der Waals surface area (Å²) in [6.45, 7) is 2.12. The molecule has 0 amide bonds. The first-order valence-corrected chi connectivity index (χ1v) is 7.21. The van der Waals surface area contributed by atoms with E-state index in [1.807, 2.05) is 12.1 Å². The second-order valence-corrected chi connectivity index (χ2v) is 5.71. The zero-order chi connectivity index (χ0) is 12.0. The van der Waals surface area contributed by atoms with Gasteiger partial charge in [0.1, 0.15) is 0 Å². The highest BCUT2D eigenvalue weighted by molar-refractivity contribution is 7.99. The fourth-order valence-corrected chi connectivity index (χ4v) is 2.78. The van der Waals surface area contributed by atoms with Crippen LogP contribution in [0.5, 0.6) is 0 Å². The number of halogens is 2. The van der Waals surface area contributed by atoms with Gasteiger partial charge in [0, 0.05) is 16.0 Å². The molecule has 1 atom stereocenters. The van der Waals surface area contributed by atoms with Gasteiger partial charge in [-0.15, -0.1) is 11.8 Å². The molecule has 0 radical (unpaired) electrons. The second-order valence-electron chi connectivity index (χ2n) is 3.73. The van der Waals surface area contributed by atoms with E-state index in [-0.39, 0.29) is 0 Å². The molecule has 0 aliphatic heterocycles. The van der Waals surface area contributed by atoms with E-state index in [9.17, 15) is 0 Å². The largest absolute Gasteiger partial charge is 0.328 e. The Morgan fingerprint density at radius 1 is 1.38 bits per heavy atom.